The second-order valence-electron chi connectivity index (χ2n) is 4.71. The molecule has 0 aromatic heterocycles. The maximum absolute atomic E-state index is 12.2. The lowest BCUT2D eigenvalue weighted by Crippen LogP contribution is -2.51. The Morgan fingerprint density at radius 3 is 2.50 bits per heavy atom. The molecule has 0 saturated carbocycles. The Labute approximate surface area is 133 Å². The monoisotopic (exact) mass is 324 g/mol. The first-order valence-electron chi connectivity index (χ1n) is 6.84. The summed E-state index contributed by atoms with van der Waals surface area (Å²) >= 11 is 1.51. The van der Waals surface area contributed by atoms with Gasteiger partial charge in [-0.05, 0) is 24.0 Å². The summed E-state index contributed by atoms with van der Waals surface area (Å²) in [7, 11) is 0. The Kier molecular flexibility index (Phi) is 8.06. The number of carbonyl (C=O) groups excluding carboxylic acids is 2. The molecule has 0 aliphatic rings. The number of nitrogens with one attached hydrogen (secondary N) is 2. The molecule has 0 spiro atoms. The lowest BCUT2D eigenvalue weighted by molar-refractivity contribution is -0.142. The molecule has 0 saturated heterocycles. The lowest BCUT2D eigenvalue weighted by atomic mass is 10.0. The quantitative estimate of drug-likeness (QED) is 0.550. The van der Waals surface area contributed by atoms with Crippen LogP contribution in [-0.2, 0) is 20.8 Å². The van der Waals surface area contributed by atoms with E-state index in [4.69, 9.17) is 5.11 Å². The molecule has 120 valence electrons. The fourth-order valence-electron chi connectivity index (χ4n) is 1.92. The molecule has 1 aromatic carbocycles. The molecule has 7 heteroatoms. The van der Waals surface area contributed by atoms with Gasteiger partial charge in [0.1, 0.15) is 12.1 Å². The molecule has 6 nitrogen and oxygen atoms in total. The normalized spacial score (nSPS) is 13.0. The van der Waals surface area contributed by atoms with Gasteiger partial charge in [-0.2, -0.15) is 11.8 Å². The summed E-state index contributed by atoms with van der Waals surface area (Å²) in [6.45, 7) is 0. The number of benzene rings is 1. The molecule has 22 heavy (non-hydrogen) atoms. The number of carboxylic acids is 1. The Morgan fingerprint density at radius 1 is 1.27 bits per heavy atom. The number of rotatable bonds is 10. The minimum absolute atomic E-state index is 0.306. The minimum Gasteiger partial charge on any atom is -0.480 e. The molecular weight excluding hydrogens is 304 g/mol. The van der Waals surface area contributed by atoms with E-state index in [0.29, 0.717) is 25.0 Å². The summed E-state index contributed by atoms with van der Waals surface area (Å²) in [5.74, 6) is -0.946. The van der Waals surface area contributed by atoms with Gasteiger partial charge in [-0.25, -0.2) is 4.79 Å². The van der Waals surface area contributed by atoms with Gasteiger partial charge in [0.15, 0.2) is 0 Å². The molecule has 3 N–H and O–H groups in total. The summed E-state index contributed by atoms with van der Waals surface area (Å²) < 4.78 is 0. The van der Waals surface area contributed by atoms with Crippen LogP contribution in [0.4, 0.5) is 0 Å². The highest BCUT2D eigenvalue weighted by Gasteiger charge is 2.24. The van der Waals surface area contributed by atoms with Crippen LogP contribution < -0.4 is 10.6 Å². The van der Waals surface area contributed by atoms with Crippen molar-refractivity contribution in [3.63, 3.8) is 0 Å². The van der Waals surface area contributed by atoms with E-state index in [1.807, 2.05) is 36.6 Å². The minimum atomic E-state index is -1.08. The molecule has 2 amide bonds. The van der Waals surface area contributed by atoms with Crippen molar-refractivity contribution in [1.82, 2.24) is 10.6 Å². The first kappa shape index (κ1) is 18.0. The van der Waals surface area contributed by atoms with Crippen molar-refractivity contribution in [1.29, 1.82) is 0 Å². The van der Waals surface area contributed by atoms with Crippen molar-refractivity contribution in [3.05, 3.63) is 35.9 Å². The van der Waals surface area contributed by atoms with E-state index in [-0.39, 0.29) is 0 Å². The maximum atomic E-state index is 12.2. The van der Waals surface area contributed by atoms with Crippen LogP contribution in [-0.4, -0.2) is 47.5 Å². The number of carboxylic acid groups (broad SMARTS) is 1. The maximum Gasteiger partial charge on any atom is 0.326 e. The predicted octanol–water partition coefficient (Wildman–Crippen LogP) is 0.666. The Bertz CT molecular complexity index is 496. The molecule has 2 atom stereocenters. The van der Waals surface area contributed by atoms with Gasteiger partial charge in [0.25, 0.3) is 0 Å². The number of aliphatic carboxylic acids is 1. The van der Waals surface area contributed by atoms with Crippen LogP contribution in [0.5, 0.6) is 0 Å². The van der Waals surface area contributed by atoms with Gasteiger partial charge in [0, 0.05) is 6.42 Å². The highest BCUT2D eigenvalue weighted by molar-refractivity contribution is 7.98. The van der Waals surface area contributed by atoms with Crippen LogP contribution in [0, 0.1) is 0 Å². The fourth-order valence-corrected chi connectivity index (χ4v) is 2.40. The summed E-state index contributed by atoms with van der Waals surface area (Å²) in [5, 5.41) is 14.1. The molecule has 0 unspecified atom stereocenters. The van der Waals surface area contributed by atoms with Gasteiger partial charge in [-0.15, -0.1) is 0 Å². The Morgan fingerprint density at radius 2 is 1.95 bits per heavy atom. The molecule has 1 aromatic rings. The first-order chi connectivity index (χ1) is 10.6. The van der Waals surface area contributed by atoms with Crippen molar-refractivity contribution in [3.8, 4) is 0 Å². The smallest absolute Gasteiger partial charge is 0.326 e. The van der Waals surface area contributed by atoms with Crippen molar-refractivity contribution < 1.29 is 19.5 Å². The van der Waals surface area contributed by atoms with Crippen LogP contribution in [0.15, 0.2) is 30.3 Å². The summed E-state index contributed by atoms with van der Waals surface area (Å²) in [6, 6.07) is 7.47. The number of hydrogen-bond acceptors (Lipinski definition) is 4. The zero-order valence-electron chi connectivity index (χ0n) is 12.3. The zero-order chi connectivity index (χ0) is 16.4. The SMILES string of the molecule is CSCC[C@H](NC(=O)[C@H](Cc1ccccc1)NC=O)C(=O)O. The first-order valence-corrected chi connectivity index (χ1v) is 8.23. The molecule has 0 heterocycles. The molecule has 1 rings (SSSR count). The van der Waals surface area contributed by atoms with Gasteiger partial charge in [0.2, 0.25) is 12.3 Å². The molecule has 0 radical (unpaired) electrons. The average molecular weight is 324 g/mol. The topological polar surface area (TPSA) is 95.5 Å². The van der Waals surface area contributed by atoms with Gasteiger partial charge in [0.05, 0.1) is 0 Å². The number of carbonyl (C=O) groups is 3. The molecule has 0 bridgehead atoms. The van der Waals surface area contributed by atoms with Crippen LogP contribution in [0.25, 0.3) is 0 Å². The van der Waals surface area contributed by atoms with Gasteiger partial charge < -0.3 is 15.7 Å². The van der Waals surface area contributed by atoms with Gasteiger partial charge in [-0.1, -0.05) is 30.3 Å². The van der Waals surface area contributed by atoms with Crippen molar-refractivity contribution >= 4 is 30.0 Å². The second kappa shape index (κ2) is 9.83. The molecular formula is C15H20N2O4S. The number of thioether (sulfide) groups is 1. The summed E-state index contributed by atoms with van der Waals surface area (Å²) in [6.07, 6.45) is 2.96. The van der Waals surface area contributed by atoms with E-state index >= 15 is 0 Å². The summed E-state index contributed by atoms with van der Waals surface area (Å²) in [5.41, 5.74) is 0.882. The largest absolute Gasteiger partial charge is 0.480 e. The van der Waals surface area contributed by atoms with Crippen LogP contribution in [0.3, 0.4) is 0 Å². The third-order valence-corrected chi connectivity index (χ3v) is 3.74. The third-order valence-electron chi connectivity index (χ3n) is 3.09. The van der Waals surface area contributed by atoms with Crippen LogP contribution in [0.1, 0.15) is 12.0 Å². The van der Waals surface area contributed by atoms with E-state index in [1.54, 1.807) is 0 Å². The molecule has 0 aliphatic carbocycles. The predicted molar refractivity (Wildman–Crippen MR) is 85.7 cm³/mol. The van der Waals surface area contributed by atoms with Crippen molar-refractivity contribution in [2.75, 3.05) is 12.0 Å². The molecule has 0 fully saturated rings. The standard InChI is InChI=1S/C15H20N2O4S/c1-22-8-7-12(15(20)21)17-14(19)13(16-10-18)9-11-5-3-2-4-6-11/h2-6,10,12-13H,7-9H2,1H3,(H,16,18)(H,17,19)(H,20,21)/t12-,13-/m0/s1. The fraction of sp³-hybridized carbons (Fsp3) is 0.400. The average Bonchev–Trinajstić information content (AvgIpc) is 2.51. The number of amides is 2. The highest BCUT2D eigenvalue weighted by atomic mass is 32.2. The zero-order valence-corrected chi connectivity index (χ0v) is 13.1. The molecule has 0 aliphatic heterocycles. The van der Waals surface area contributed by atoms with Crippen molar-refractivity contribution in [2.24, 2.45) is 0 Å². The summed E-state index contributed by atoms with van der Waals surface area (Å²) in [4.78, 5) is 34.1. The Hall–Kier alpha value is -2.02. The van der Waals surface area contributed by atoms with Gasteiger partial charge >= 0.3 is 5.97 Å². The lowest BCUT2D eigenvalue weighted by Gasteiger charge is -2.20. The van der Waals surface area contributed by atoms with E-state index in [1.165, 1.54) is 11.8 Å². The van der Waals surface area contributed by atoms with Gasteiger partial charge in [-0.3, -0.25) is 9.59 Å². The van der Waals surface area contributed by atoms with Crippen LogP contribution >= 0.6 is 11.8 Å². The van der Waals surface area contributed by atoms with E-state index in [0.717, 1.165) is 5.56 Å². The van der Waals surface area contributed by atoms with E-state index < -0.39 is 24.0 Å². The second-order valence-corrected chi connectivity index (χ2v) is 5.69. The van der Waals surface area contributed by atoms with E-state index in [9.17, 15) is 14.4 Å². The van der Waals surface area contributed by atoms with Crippen LogP contribution in [0.2, 0.25) is 0 Å². The number of hydrogen-bond donors (Lipinski definition) is 3. The third kappa shape index (κ3) is 6.17. The highest BCUT2D eigenvalue weighted by Crippen LogP contribution is 2.05. The Balaban J connectivity index is 2.70. The van der Waals surface area contributed by atoms with E-state index in [2.05, 4.69) is 10.6 Å². The van der Waals surface area contributed by atoms with Crippen molar-refractivity contribution in [2.45, 2.75) is 24.9 Å².